The van der Waals surface area contributed by atoms with Gasteiger partial charge in [0, 0.05) is 12.8 Å². The van der Waals surface area contributed by atoms with Crippen LogP contribution >= 0.6 is 0 Å². The van der Waals surface area contributed by atoms with Gasteiger partial charge in [0.25, 0.3) is 0 Å². The maximum Gasteiger partial charge on any atom is 0.343 e. The van der Waals surface area contributed by atoms with Crippen LogP contribution in [0.15, 0.2) is 48.5 Å². The lowest BCUT2D eigenvalue weighted by molar-refractivity contribution is -0.134. The number of hydrogen-bond donors (Lipinski definition) is 0. The third-order valence-electron chi connectivity index (χ3n) is 4.47. The molecule has 0 aliphatic rings. The minimum absolute atomic E-state index is 0.282. The molecule has 0 atom stereocenters. The second-order valence-electron chi connectivity index (χ2n) is 6.85. The number of terminal acetylenes is 1. The lowest BCUT2D eigenvalue weighted by atomic mass is 10.1. The fourth-order valence-corrected chi connectivity index (χ4v) is 2.81. The molecule has 0 heterocycles. The summed E-state index contributed by atoms with van der Waals surface area (Å²) >= 11 is 0. The summed E-state index contributed by atoms with van der Waals surface area (Å²) in [4.78, 5) is 24.1. The Morgan fingerprint density at radius 3 is 2.00 bits per heavy atom. The molecule has 0 amide bonds. The smallest absolute Gasteiger partial charge is 0.343 e. The van der Waals surface area contributed by atoms with Crippen molar-refractivity contribution in [3.05, 3.63) is 59.7 Å². The molecule has 2 aromatic carbocycles. The molecule has 0 saturated carbocycles. The first-order chi connectivity index (χ1) is 14.6. The number of benzene rings is 2. The van der Waals surface area contributed by atoms with Gasteiger partial charge in [0.1, 0.15) is 11.5 Å². The van der Waals surface area contributed by atoms with Gasteiger partial charge in [-0.05, 0) is 61.4 Å². The molecule has 5 heteroatoms. The van der Waals surface area contributed by atoms with Crippen LogP contribution in [0.5, 0.6) is 11.5 Å². The molecule has 0 bridgehead atoms. The van der Waals surface area contributed by atoms with Crippen molar-refractivity contribution in [2.24, 2.45) is 0 Å². The van der Waals surface area contributed by atoms with Crippen LogP contribution in [-0.4, -0.2) is 11.9 Å². The number of ether oxygens (including phenoxy) is 2. The summed E-state index contributed by atoms with van der Waals surface area (Å²) in [5, 5.41) is 8.79. The van der Waals surface area contributed by atoms with E-state index in [0.717, 1.165) is 44.9 Å². The van der Waals surface area contributed by atoms with Gasteiger partial charge in [-0.1, -0.05) is 25.7 Å². The summed E-state index contributed by atoms with van der Waals surface area (Å²) < 4.78 is 10.6. The molecule has 0 aliphatic heterocycles. The molecule has 0 spiro atoms. The average molecular weight is 403 g/mol. The summed E-state index contributed by atoms with van der Waals surface area (Å²) in [5.41, 5.74) is 0.824. The van der Waals surface area contributed by atoms with Gasteiger partial charge in [0.05, 0.1) is 17.2 Å². The van der Waals surface area contributed by atoms with Crippen LogP contribution < -0.4 is 9.47 Å². The number of unbranched alkanes of at least 4 members (excludes halogenated alkanes) is 6. The molecule has 2 aromatic rings. The third kappa shape index (κ3) is 8.20. The van der Waals surface area contributed by atoms with Gasteiger partial charge in [-0.25, -0.2) is 4.79 Å². The highest BCUT2D eigenvalue weighted by Gasteiger charge is 2.10. The highest BCUT2D eigenvalue weighted by Crippen LogP contribution is 2.17. The molecule has 0 radical (unpaired) electrons. The van der Waals surface area contributed by atoms with Gasteiger partial charge >= 0.3 is 11.9 Å². The van der Waals surface area contributed by atoms with Crippen molar-refractivity contribution >= 4 is 11.9 Å². The number of hydrogen-bond acceptors (Lipinski definition) is 5. The molecular weight excluding hydrogens is 378 g/mol. The first kappa shape index (κ1) is 22.7. The van der Waals surface area contributed by atoms with Gasteiger partial charge in [-0.3, -0.25) is 4.79 Å². The largest absolute Gasteiger partial charge is 0.427 e. The number of carbonyl (C=O) groups is 2. The number of esters is 2. The topological polar surface area (TPSA) is 76.4 Å². The number of nitrogens with zero attached hydrogens (tertiary/aromatic N) is 1. The molecule has 30 heavy (non-hydrogen) atoms. The minimum atomic E-state index is -0.528. The van der Waals surface area contributed by atoms with E-state index in [4.69, 9.17) is 21.2 Å². The molecule has 0 unspecified atom stereocenters. The van der Waals surface area contributed by atoms with Crippen molar-refractivity contribution in [1.82, 2.24) is 0 Å². The van der Waals surface area contributed by atoms with Gasteiger partial charge < -0.3 is 9.47 Å². The Morgan fingerprint density at radius 2 is 1.37 bits per heavy atom. The fraction of sp³-hybridized carbons (Fsp3) is 0.320. The highest BCUT2D eigenvalue weighted by molar-refractivity contribution is 5.91. The molecule has 0 N–H and O–H groups in total. The van der Waals surface area contributed by atoms with E-state index in [1.807, 2.05) is 6.07 Å². The van der Waals surface area contributed by atoms with Crippen molar-refractivity contribution in [1.29, 1.82) is 5.26 Å². The normalized spacial score (nSPS) is 9.93. The van der Waals surface area contributed by atoms with Crippen LogP contribution in [0.25, 0.3) is 0 Å². The predicted octanol–water partition coefficient (Wildman–Crippen LogP) is 5.44. The average Bonchev–Trinajstić information content (AvgIpc) is 2.76. The molecule has 0 aromatic heterocycles. The predicted molar refractivity (Wildman–Crippen MR) is 114 cm³/mol. The first-order valence-electron chi connectivity index (χ1n) is 10.1. The van der Waals surface area contributed by atoms with Gasteiger partial charge in [-0.2, -0.15) is 5.26 Å². The van der Waals surface area contributed by atoms with E-state index in [1.165, 1.54) is 0 Å². The molecule has 0 saturated heterocycles. The second-order valence-corrected chi connectivity index (χ2v) is 6.85. The van der Waals surface area contributed by atoms with Crippen LogP contribution in [0.1, 0.15) is 67.3 Å². The lowest BCUT2D eigenvalue weighted by Gasteiger charge is -2.07. The maximum atomic E-state index is 12.2. The highest BCUT2D eigenvalue weighted by atomic mass is 16.5. The quantitative estimate of drug-likeness (QED) is 0.216. The number of nitriles is 1. The Kier molecular flexibility index (Phi) is 9.69. The lowest BCUT2D eigenvalue weighted by Crippen LogP contribution is -2.10. The van der Waals surface area contributed by atoms with E-state index in [1.54, 1.807) is 48.5 Å². The molecule has 2 rings (SSSR count). The van der Waals surface area contributed by atoms with Crippen LogP contribution in [0.4, 0.5) is 0 Å². The molecule has 5 nitrogen and oxygen atoms in total. The van der Waals surface area contributed by atoms with E-state index in [2.05, 4.69) is 5.92 Å². The van der Waals surface area contributed by atoms with Crippen LogP contribution in [0, 0.1) is 23.7 Å². The summed E-state index contributed by atoms with van der Waals surface area (Å²) in [5.74, 6) is 2.57. The summed E-state index contributed by atoms with van der Waals surface area (Å²) in [7, 11) is 0. The van der Waals surface area contributed by atoms with Crippen molar-refractivity contribution in [2.45, 2.75) is 51.4 Å². The third-order valence-corrected chi connectivity index (χ3v) is 4.47. The molecule has 154 valence electrons. The zero-order valence-electron chi connectivity index (χ0n) is 16.9. The summed E-state index contributed by atoms with van der Waals surface area (Å²) in [6.45, 7) is 0. The summed E-state index contributed by atoms with van der Waals surface area (Å²) in [6, 6.07) is 14.5. The van der Waals surface area contributed by atoms with Crippen LogP contribution in [0.3, 0.4) is 0 Å². The Labute approximate surface area is 177 Å². The van der Waals surface area contributed by atoms with Gasteiger partial charge in [-0.15, -0.1) is 12.3 Å². The van der Waals surface area contributed by atoms with E-state index in [0.29, 0.717) is 29.0 Å². The number of carbonyl (C=O) groups excluding carboxylic acids is 2. The Balaban J connectivity index is 1.70. The van der Waals surface area contributed by atoms with Crippen molar-refractivity contribution < 1.29 is 19.1 Å². The summed E-state index contributed by atoms with van der Waals surface area (Å²) in [6.07, 6.45) is 12.6. The Morgan fingerprint density at radius 1 is 0.800 bits per heavy atom. The van der Waals surface area contributed by atoms with Gasteiger partial charge in [0.2, 0.25) is 0 Å². The molecule has 0 fully saturated rings. The molecular formula is C25H25NO4. The molecule has 0 aliphatic carbocycles. The van der Waals surface area contributed by atoms with Crippen molar-refractivity contribution in [3.63, 3.8) is 0 Å². The van der Waals surface area contributed by atoms with Crippen LogP contribution in [0.2, 0.25) is 0 Å². The zero-order valence-corrected chi connectivity index (χ0v) is 16.9. The zero-order chi connectivity index (χ0) is 21.6. The monoisotopic (exact) mass is 403 g/mol. The van der Waals surface area contributed by atoms with Crippen molar-refractivity contribution in [3.8, 4) is 29.9 Å². The second kappa shape index (κ2) is 12.8. The SMILES string of the molecule is C#CCCCCCCCCC(=O)Oc1ccc(C(=O)Oc2ccc(C#N)cc2)cc1. The maximum absolute atomic E-state index is 12.2. The van der Waals surface area contributed by atoms with E-state index >= 15 is 0 Å². The van der Waals surface area contributed by atoms with E-state index < -0.39 is 5.97 Å². The van der Waals surface area contributed by atoms with Crippen LogP contribution in [-0.2, 0) is 4.79 Å². The fourth-order valence-electron chi connectivity index (χ4n) is 2.81. The van der Waals surface area contributed by atoms with Crippen molar-refractivity contribution in [2.75, 3.05) is 0 Å². The minimum Gasteiger partial charge on any atom is -0.427 e. The van der Waals surface area contributed by atoms with E-state index in [9.17, 15) is 9.59 Å². The number of rotatable bonds is 11. The van der Waals surface area contributed by atoms with Gasteiger partial charge in [0.15, 0.2) is 0 Å². The Hall–Kier alpha value is -3.57. The van der Waals surface area contributed by atoms with E-state index in [-0.39, 0.29) is 5.97 Å². The standard InChI is InChI=1S/C25H25NO4/c1-2-3-4-5-6-7-8-9-10-24(27)29-22-17-13-21(14-18-22)25(28)30-23-15-11-20(19-26)12-16-23/h1,11-18H,3-10H2. The Bertz CT molecular complexity index is 902. The first-order valence-corrected chi connectivity index (χ1v) is 10.1.